The van der Waals surface area contributed by atoms with Crippen LogP contribution in [0, 0.1) is 0 Å². The largest absolute Gasteiger partial charge is 0.345 e. The van der Waals surface area contributed by atoms with Crippen molar-refractivity contribution in [2.24, 2.45) is 0 Å². The quantitative estimate of drug-likeness (QED) is 0.758. The Morgan fingerprint density at radius 1 is 1.05 bits per heavy atom. The van der Waals surface area contributed by atoms with E-state index in [0.717, 1.165) is 10.8 Å². The highest BCUT2D eigenvalue weighted by Crippen LogP contribution is 2.20. The molecule has 1 atom stereocenters. The standard InChI is InChI=1S/C17H15NOS/c1-12(16-7-4-10-20-16)18-17(19)15-9-8-13-5-2-3-6-14(13)11-15/h2-12H,1H3,(H,18,19). The van der Waals surface area contributed by atoms with E-state index in [2.05, 4.69) is 5.32 Å². The molecular formula is C17H15NOS. The van der Waals surface area contributed by atoms with E-state index in [0.29, 0.717) is 5.56 Å². The molecule has 1 aromatic heterocycles. The van der Waals surface area contributed by atoms with Gasteiger partial charge < -0.3 is 5.32 Å². The molecule has 0 saturated carbocycles. The fourth-order valence-electron chi connectivity index (χ4n) is 2.22. The fourth-order valence-corrected chi connectivity index (χ4v) is 2.95. The molecule has 2 aromatic carbocycles. The molecule has 0 radical (unpaired) electrons. The van der Waals surface area contributed by atoms with Crippen molar-refractivity contribution in [2.75, 3.05) is 0 Å². The lowest BCUT2D eigenvalue weighted by Crippen LogP contribution is -2.26. The van der Waals surface area contributed by atoms with Crippen molar-refractivity contribution in [3.63, 3.8) is 0 Å². The highest BCUT2D eigenvalue weighted by molar-refractivity contribution is 7.10. The topological polar surface area (TPSA) is 29.1 Å². The van der Waals surface area contributed by atoms with Crippen molar-refractivity contribution in [3.05, 3.63) is 70.4 Å². The Bertz CT molecular complexity index is 734. The van der Waals surface area contributed by atoms with E-state index in [1.807, 2.05) is 66.9 Å². The van der Waals surface area contributed by atoms with Crippen molar-refractivity contribution in [2.45, 2.75) is 13.0 Å². The summed E-state index contributed by atoms with van der Waals surface area (Å²) in [5.41, 5.74) is 0.701. The third kappa shape index (κ3) is 2.58. The van der Waals surface area contributed by atoms with Gasteiger partial charge in [-0.25, -0.2) is 0 Å². The minimum atomic E-state index is -0.0309. The highest BCUT2D eigenvalue weighted by atomic mass is 32.1. The van der Waals surface area contributed by atoms with Gasteiger partial charge in [-0.1, -0.05) is 36.4 Å². The van der Waals surface area contributed by atoms with Crippen molar-refractivity contribution in [3.8, 4) is 0 Å². The smallest absolute Gasteiger partial charge is 0.251 e. The van der Waals surface area contributed by atoms with E-state index in [1.165, 1.54) is 4.88 Å². The third-order valence-corrected chi connectivity index (χ3v) is 4.38. The van der Waals surface area contributed by atoms with E-state index in [-0.39, 0.29) is 11.9 Å². The van der Waals surface area contributed by atoms with Crippen LogP contribution in [0.5, 0.6) is 0 Å². The van der Waals surface area contributed by atoms with Gasteiger partial charge in [0, 0.05) is 10.4 Å². The van der Waals surface area contributed by atoms with Crippen LogP contribution in [-0.4, -0.2) is 5.91 Å². The minimum absolute atomic E-state index is 0.0309. The number of benzene rings is 2. The first-order chi connectivity index (χ1) is 9.74. The van der Waals surface area contributed by atoms with Crippen LogP contribution in [0.25, 0.3) is 10.8 Å². The molecule has 1 N–H and O–H groups in total. The third-order valence-electron chi connectivity index (χ3n) is 3.33. The summed E-state index contributed by atoms with van der Waals surface area (Å²) in [4.78, 5) is 13.5. The Kier molecular flexibility index (Phi) is 3.52. The van der Waals surface area contributed by atoms with E-state index in [1.54, 1.807) is 11.3 Å². The maximum absolute atomic E-state index is 12.3. The van der Waals surface area contributed by atoms with Crippen LogP contribution in [-0.2, 0) is 0 Å². The zero-order chi connectivity index (χ0) is 13.9. The SMILES string of the molecule is CC(NC(=O)c1ccc2ccccc2c1)c1cccs1. The van der Waals surface area contributed by atoms with Crippen LogP contribution < -0.4 is 5.32 Å². The van der Waals surface area contributed by atoms with Gasteiger partial charge in [0.05, 0.1) is 6.04 Å². The van der Waals surface area contributed by atoms with E-state index >= 15 is 0 Å². The predicted octanol–water partition coefficient (Wildman–Crippen LogP) is 4.39. The van der Waals surface area contributed by atoms with Gasteiger partial charge in [0.25, 0.3) is 5.91 Å². The number of hydrogen-bond donors (Lipinski definition) is 1. The lowest BCUT2D eigenvalue weighted by molar-refractivity contribution is 0.0940. The number of carbonyl (C=O) groups is 1. The number of rotatable bonds is 3. The van der Waals surface area contributed by atoms with Crippen molar-refractivity contribution < 1.29 is 4.79 Å². The summed E-state index contributed by atoms with van der Waals surface area (Å²) >= 11 is 1.66. The lowest BCUT2D eigenvalue weighted by Gasteiger charge is -2.12. The molecule has 3 rings (SSSR count). The Morgan fingerprint density at radius 2 is 1.85 bits per heavy atom. The van der Waals surface area contributed by atoms with Crippen molar-refractivity contribution in [1.29, 1.82) is 0 Å². The fraction of sp³-hybridized carbons (Fsp3) is 0.118. The van der Waals surface area contributed by atoms with Gasteiger partial charge in [0.15, 0.2) is 0 Å². The molecule has 1 unspecified atom stereocenters. The molecule has 0 aliphatic carbocycles. The second-order valence-electron chi connectivity index (χ2n) is 4.77. The molecule has 3 aromatic rings. The summed E-state index contributed by atoms with van der Waals surface area (Å²) < 4.78 is 0. The summed E-state index contributed by atoms with van der Waals surface area (Å²) in [6.45, 7) is 2.00. The zero-order valence-electron chi connectivity index (χ0n) is 11.2. The summed E-state index contributed by atoms with van der Waals surface area (Å²) in [7, 11) is 0. The maximum atomic E-state index is 12.3. The lowest BCUT2D eigenvalue weighted by atomic mass is 10.1. The number of nitrogens with one attached hydrogen (secondary N) is 1. The molecule has 0 aliphatic rings. The molecule has 0 fully saturated rings. The molecule has 0 saturated heterocycles. The molecule has 100 valence electrons. The minimum Gasteiger partial charge on any atom is -0.345 e. The normalized spacial score (nSPS) is 12.2. The molecule has 0 aliphatic heterocycles. The number of carbonyl (C=O) groups excluding carboxylic acids is 1. The molecule has 0 spiro atoms. The Labute approximate surface area is 122 Å². The summed E-state index contributed by atoms with van der Waals surface area (Å²) in [6.07, 6.45) is 0. The predicted molar refractivity (Wildman–Crippen MR) is 84.1 cm³/mol. The highest BCUT2D eigenvalue weighted by Gasteiger charge is 2.12. The van der Waals surface area contributed by atoms with Crippen molar-refractivity contribution in [1.82, 2.24) is 5.32 Å². The van der Waals surface area contributed by atoms with E-state index in [9.17, 15) is 4.79 Å². The zero-order valence-corrected chi connectivity index (χ0v) is 12.0. The number of amides is 1. The number of hydrogen-bond acceptors (Lipinski definition) is 2. The average Bonchev–Trinajstić information content (AvgIpc) is 3.01. The van der Waals surface area contributed by atoms with E-state index in [4.69, 9.17) is 0 Å². The first-order valence-electron chi connectivity index (χ1n) is 6.57. The average molecular weight is 281 g/mol. The number of fused-ring (bicyclic) bond motifs is 1. The Hall–Kier alpha value is -2.13. The molecule has 2 nitrogen and oxygen atoms in total. The first-order valence-corrected chi connectivity index (χ1v) is 7.45. The Morgan fingerprint density at radius 3 is 2.60 bits per heavy atom. The molecule has 0 bridgehead atoms. The molecular weight excluding hydrogens is 266 g/mol. The first kappa shape index (κ1) is 12.9. The van der Waals surface area contributed by atoms with Gasteiger partial charge in [-0.2, -0.15) is 0 Å². The van der Waals surface area contributed by atoms with Gasteiger partial charge in [-0.15, -0.1) is 11.3 Å². The van der Waals surface area contributed by atoms with E-state index < -0.39 is 0 Å². The summed E-state index contributed by atoms with van der Waals surface area (Å²) in [5.74, 6) is -0.0309. The molecule has 20 heavy (non-hydrogen) atoms. The van der Waals surface area contributed by atoms with Gasteiger partial charge in [0.2, 0.25) is 0 Å². The van der Waals surface area contributed by atoms with Gasteiger partial charge in [-0.05, 0) is 41.3 Å². The molecule has 3 heteroatoms. The Balaban J connectivity index is 1.82. The van der Waals surface area contributed by atoms with Crippen LogP contribution in [0.4, 0.5) is 0 Å². The van der Waals surface area contributed by atoms with Crippen LogP contribution >= 0.6 is 11.3 Å². The van der Waals surface area contributed by atoms with Crippen molar-refractivity contribution >= 4 is 28.0 Å². The van der Waals surface area contributed by atoms with Crippen LogP contribution in [0.2, 0.25) is 0 Å². The summed E-state index contributed by atoms with van der Waals surface area (Å²) in [5, 5.41) is 7.29. The van der Waals surface area contributed by atoms with Gasteiger partial charge in [0.1, 0.15) is 0 Å². The molecule has 1 amide bonds. The van der Waals surface area contributed by atoms with Crippen LogP contribution in [0.15, 0.2) is 60.0 Å². The van der Waals surface area contributed by atoms with Crippen LogP contribution in [0.1, 0.15) is 28.2 Å². The monoisotopic (exact) mass is 281 g/mol. The maximum Gasteiger partial charge on any atom is 0.251 e. The van der Waals surface area contributed by atoms with Gasteiger partial charge >= 0.3 is 0 Å². The second kappa shape index (κ2) is 5.47. The number of thiophene rings is 1. The molecule has 1 heterocycles. The second-order valence-corrected chi connectivity index (χ2v) is 5.75. The van der Waals surface area contributed by atoms with Gasteiger partial charge in [-0.3, -0.25) is 4.79 Å². The van der Waals surface area contributed by atoms with Crippen LogP contribution in [0.3, 0.4) is 0 Å². The summed E-state index contributed by atoms with van der Waals surface area (Å²) in [6, 6.07) is 17.9.